The molecular weight excluding hydrogens is 419 g/mol. The summed E-state index contributed by atoms with van der Waals surface area (Å²) in [6, 6.07) is 13.0. The Kier molecular flexibility index (Phi) is 5.24. The molecule has 4 rings (SSSR count). The normalized spacial score (nSPS) is 16.0. The highest BCUT2D eigenvalue weighted by Crippen LogP contribution is 2.29. The number of pyridine rings is 2. The Labute approximate surface area is 171 Å². The molecule has 30 heavy (non-hydrogen) atoms. The van der Waals surface area contributed by atoms with Crippen LogP contribution in [0.15, 0.2) is 54.7 Å². The number of alkyl halides is 3. The van der Waals surface area contributed by atoms with Crippen molar-refractivity contribution in [2.75, 3.05) is 35.8 Å². The first-order chi connectivity index (χ1) is 14.2. The maximum atomic E-state index is 12.7. The zero-order valence-corrected chi connectivity index (χ0v) is 16.5. The molecule has 1 N–H and O–H groups in total. The Bertz CT molecular complexity index is 1140. The van der Waals surface area contributed by atoms with Gasteiger partial charge in [-0.05, 0) is 30.3 Å². The molecule has 1 fully saturated rings. The molecule has 0 unspecified atom stereocenters. The van der Waals surface area contributed by atoms with Gasteiger partial charge in [-0.1, -0.05) is 18.2 Å². The third-order valence-electron chi connectivity index (χ3n) is 4.81. The van der Waals surface area contributed by atoms with Crippen molar-refractivity contribution in [3.63, 3.8) is 0 Å². The van der Waals surface area contributed by atoms with Crippen LogP contribution >= 0.6 is 0 Å². The predicted molar refractivity (Wildman–Crippen MR) is 107 cm³/mol. The highest BCUT2D eigenvalue weighted by Gasteiger charge is 2.32. The van der Waals surface area contributed by atoms with Crippen molar-refractivity contribution >= 4 is 32.7 Å². The third kappa shape index (κ3) is 4.31. The molecule has 3 heterocycles. The van der Waals surface area contributed by atoms with Gasteiger partial charge in [0.2, 0.25) is 0 Å². The Balaban J connectivity index is 1.41. The molecule has 158 valence electrons. The lowest BCUT2D eigenvalue weighted by Gasteiger charge is -2.34. The molecule has 0 radical (unpaired) electrons. The van der Waals surface area contributed by atoms with E-state index in [0.29, 0.717) is 24.4 Å². The summed E-state index contributed by atoms with van der Waals surface area (Å²) in [7, 11) is -3.81. The van der Waals surface area contributed by atoms with Crippen molar-refractivity contribution in [2.45, 2.75) is 6.18 Å². The average Bonchev–Trinajstić information content (AvgIpc) is 2.73. The molecule has 1 aliphatic heterocycles. The summed E-state index contributed by atoms with van der Waals surface area (Å²) < 4.78 is 67.2. The quantitative estimate of drug-likeness (QED) is 0.679. The van der Waals surface area contributed by atoms with E-state index in [1.165, 1.54) is 10.4 Å². The van der Waals surface area contributed by atoms with Crippen LogP contribution in [-0.2, 0) is 16.4 Å². The van der Waals surface area contributed by atoms with Crippen molar-refractivity contribution in [1.82, 2.24) is 14.3 Å². The van der Waals surface area contributed by atoms with Gasteiger partial charge >= 0.3 is 16.4 Å². The highest BCUT2D eigenvalue weighted by molar-refractivity contribution is 7.90. The minimum absolute atomic E-state index is 0.172. The van der Waals surface area contributed by atoms with E-state index in [2.05, 4.69) is 14.7 Å². The van der Waals surface area contributed by atoms with Crippen molar-refractivity contribution < 1.29 is 21.6 Å². The van der Waals surface area contributed by atoms with E-state index in [1.54, 1.807) is 23.1 Å². The van der Waals surface area contributed by atoms with Crippen LogP contribution < -0.4 is 9.62 Å². The van der Waals surface area contributed by atoms with Crippen LogP contribution in [0.3, 0.4) is 0 Å². The number of nitrogens with one attached hydrogen (secondary N) is 1. The van der Waals surface area contributed by atoms with Crippen molar-refractivity contribution in [3.05, 3.63) is 60.3 Å². The summed E-state index contributed by atoms with van der Waals surface area (Å²) in [6.07, 6.45) is -3.66. The predicted octanol–water partition coefficient (Wildman–Crippen LogP) is 3.13. The Morgan fingerprint density at radius 3 is 2.33 bits per heavy atom. The molecule has 0 atom stereocenters. The smallest absolute Gasteiger partial charge is 0.354 e. The molecule has 1 saturated heterocycles. The molecule has 0 spiro atoms. The number of piperazine rings is 1. The summed E-state index contributed by atoms with van der Waals surface area (Å²) in [5, 5.41) is 0.901. The second-order valence-electron chi connectivity index (χ2n) is 6.79. The average molecular weight is 437 g/mol. The van der Waals surface area contributed by atoms with Crippen LogP contribution in [-0.4, -0.2) is 48.9 Å². The van der Waals surface area contributed by atoms with Crippen molar-refractivity contribution in [2.24, 2.45) is 0 Å². The van der Waals surface area contributed by atoms with Gasteiger partial charge in [-0.15, -0.1) is 0 Å². The van der Waals surface area contributed by atoms with Gasteiger partial charge in [0.15, 0.2) is 0 Å². The molecule has 11 heteroatoms. The SMILES string of the molecule is O=S(=O)(Nc1ccc2ccccc2n1)N1CCN(c2ccc(C(F)(F)F)cn2)CC1. The van der Waals surface area contributed by atoms with E-state index in [4.69, 9.17) is 0 Å². The fourth-order valence-electron chi connectivity index (χ4n) is 3.22. The van der Waals surface area contributed by atoms with Crippen LogP contribution in [0.5, 0.6) is 0 Å². The van der Waals surface area contributed by atoms with E-state index >= 15 is 0 Å². The van der Waals surface area contributed by atoms with Gasteiger partial charge in [0.05, 0.1) is 11.1 Å². The number of rotatable bonds is 4. The van der Waals surface area contributed by atoms with Crippen LogP contribution in [0.25, 0.3) is 10.9 Å². The van der Waals surface area contributed by atoms with Gasteiger partial charge in [0.1, 0.15) is 11.6 Å². The Hall–Kier alpha value is -2.92. The topological polar surface area (TPSA) is 78.4 Å². The minimum atomic E-state index is -4.44. The minimum Gasteiger partial charge on any atom is -0.354 e. The molecule has 0 amide bonds. The third-order valence-corrected chi connectivity index (χ3v) is 6.32. The molecule has 0 aliphatic carbocycles. The van der Waals surface area contributed by atoms with Crippen LogP contribution in [0, 0.1) is 0 Å². The van der Waals surface area contributed by atoms with Crippen LogP contribution in [0.4, 0.5) is 24.8 Å². The van der Waals surface area contributed by atoms with Gasteiger partial charge in [0, 0.05) is 37.8 Å². The summed E-state index contributed by atoms with van der Waals surface area (Å²) in [5.74, 6) is 0.602. The zero-order chi connectivity index (χ0) is 21.4. The van der Waals surface area contributed by atoms with Crippen LogP contribution in [0.1, 0.15) is 5.56 Å². The molecule has 1 aromatic carbocycles. The molecule has 2 aromatic heterocycles. The first-order valence-corrected chi connectivity index (χ1v) is 10.6. The lowest BCUT2D eigenvalue weighted by molar-refractivity contribution is -0.137. The van der Waals surface area contributed by atoms with Crippen molar-refractivity contribution in [3.8, 4) is 0 Å². The van der Waals surface area contributed by atoms with Crippen molar-refractivity contribution in [1.29, 1.82) is 0 Å². The summed E-state index contributed by atoms with van der Waals surface area (Å²) in [6.45, 7) is 0.964. The molecular formula is C19H18F3N5O2S. The number of para-hydroxylation sites is 1. The molecule has 7 nitrogen and oxygen atoms in total. The molecule has 3 aromatic rings. The Morgan fingerprint density at radius 1 is 0.933 bits per heavy atom. The fraction of sp³-hybridized carbons (Fsp3) is 0.263. The van der Waals surface area contributed by atoms with Crippen LogP contribution in [0.2, 0.25) is 0 Å². The van der Waals surface area contributed by atoms with Gasteiger partial charge in [-0.25, -0.2) is 9.97 Å². The Morgan fingerprint density at radius 2 is 1.67 bits per heavy atom. The maximum Gasteiger partial charge on any atom is 0.417 e. The first-order valence-electron chi connectivity index (χ1n) is 9.14. The number of hydrogen-bond acceptors (Lipinski definition) is 5. The molecule has 0 saturated carbocycles. The number of anilines is 2. The zero-order valence-electron chi connectivity index (χ0n) is 15.7. The summed E-state index contributed by atoms with van der Waals surface area (Å²) >= 11 is 0. The lowest BCUT2D eigenvalue weighted by atomic mass is 10.2. The number of halogens is 3. The first kappa shape index (κ1) is 20.4. The molecule has 0 bridgehead atoms. The second-order valence-corrected chi connectivity index (χ2v) is 8.46. The van der Waals surface area contributed by atoms with E-state index in [0.717, 1.165) is 17.6 Å². The molecule has 1 aliphatic rings. The number of fused-ring (bicyclic) bond motifs is 1. The second kappa shape index (κ2) is 7.73. The number of nitrogens with zero attached hydrogens (tertiary/aromatic N) is 4. The lowest BCUT2D eigenvalue weighted by Crippen LogP contribution is -2.50. The fourth-order valence-corrected chi connectivity index (χ4v) is 4.37. The largest absolute Gasteiger partial charge is 0.417 e. The van der Waals surface area contributed by atoms with E-state index in [1.807, 2.05) is 18.2 Å². The monoisotopic (exact) mass is 437 g/mol. The number of benzene rings is 1. The highest BCUT2D eigenvalue weighted by atomic mass is 32.2. The van der Waals surface area contributed by atoms with E-state index < -0.39 is 21.9 Å². The van der Waals surface area contributed by atoms with Gasteiger partial charge in [-0.2, -0.15) is 25.9 Å². The van der Waals surface area contributed by atoms with Gasteiger partial charge in [-0.3, -0.25) is 4.72 Å². The number of hydrogen-bond donors (Lipinski definition) is 1. The maximum absolute atomic E-state index is 12.7. The summed E-state index contributed by atoms with van der Waals surface area (Å²) in [5.41, 5.74) is -0.143. The van der Waals surface area contributed by atoms with Gasteiger partial charge < -0.3 is 4.90 Å². The van der Waals surface area contributed by atoms with E-state index in [-0.39, 0.29) is 18.9 Å². The number of aromatic nitrogens is 2. The van der Waals surface area contributed by atoms with Gasteiger partial charge in [0.25, 0.3) is 0 Å². The standard InChI is InChI=1S/C19H18F3N5O2S/c20-19(21,22)15-6-8-18(23-13-15)26-9-11-27(12-10-26)30(28,29)25-17-7-5-14-3-1-2-4-16(14)24-17/h1-8,13H,9-12H2,(H,24,25). The van der Waals surface area contributed by atoms with E-state index in [9.17, 15) is 21.6 Å². The summed E-state index contributed by atoms with van der Waals surface area (Å²) in [4.78, 5) is 9.93.